The number of ether oxygens (including phenoxy) is 1. The van der Waals surface area contributed by atoms with Gasteiger partial charge in [-0.25, -0.2) is 0 Å². The second kappa shape index (κ2) is 3.75. The summed E-state index contributed by atoms with van der Waals surface area (Å²) in [5.41, 5.74) is 0. The number of nitrogens with one attached hydrogen (secondary N) is 1. The van der Waals surface area contributed by atoms with E-state index in [9.17, 15) is 0 Å². The molecule has 70 valence electrons. The zero-order chi connectivity index (χ0) is 8.39. The summed E-state index contributed by atoms with van der Waals surface area (Å²) in [5, 5.41) is 3.38. The van der Waals surface area contributed by atoms with E-state index in [2.05, 4.69) is 12.2 Å². The molecule has 0 bridgehead atoms. The van der Waals surface area contributed by atoms with E-state index in [0.29, 0.717) is 6.10 Å². The molecule has 1 saturated heterocycles. The monoisotopic (exact) mass is 169 g/mol. The Labute approximate surface area is 74.7 Å². The molecule has 0 radical (unpaired) electrons. The highest BCUT2D eigenvalue weighted by Crippen LogP contribution is 2.30. The summed E-state index contributed by atoms with van der Waals surface area (Å²) >= 11 is 0. The van der Waals surface area contributed by atoms with Crippen molar-refractivity contribution >= 4 is 0 Å². The first-order valence-corrected chi connectivity index (χ1v) is 5.18. The molecule has 0 amide bonds. The lowest BCUT2D eigenvalue weighted by Crippen LogP contribution is -2.41. The first kappa shape index (κ1) is 8.52. The summed E-state index contributed by atoms with van der Waals surface area (Å²) in [7, 11) is 0. The fourth-order valence-electron chi connectivity index (χ4n) is 1.73. The van der Waals surface area contributed by atoms with E-state index < -0.39 is 0 Å². The molecular formula is C10H19NO. The van der Waals surface area contributed by atoms with Gasteiger partial charge < -0.3 is 10.1 Å². The van der Waals surface area contributed by atoms with Crippen LogP contribution in [-0.2, 0) is 4.74 Å². The van der Waals surface area contributed by atoms with Gasteiger partial charge in [-0.05, 0) is 37.6 Å². The molecule has 2 unspecified atom stereocenters. The number of hydrogen-bond acceptors (Lipinski definition) is 2. The molecule has 2 rings (SSSR count). The third kappa shape index (κ3) is 2.20. The fourth-order valence-corrected chi connectivity index (χ4v) is 1.73. The van der Waals surface area contributed by atoms with Crippen molar-refractivity contribution in [1.82, 2.24) is 5.32 Å². The first-order valence-electron chi connectivity index (χ1n) is 5.18. The summed E-state index contributed by atoms with van der Waals surface area (Å²) in [5.74, 6) is 1.66. The zero-order valence-corrected chi connectivity index (χ0v) is 7.88. The number of rotatable bonds is 3. The lowest BCUT2D eigenvalue weighted by atomic mass is 9.97. The van der Waals surface area contributed by atoms with Gasteiger partial charge >= 0.3 is 0 Å². The van der Waals surface area contributed by atoms with E-state index >= 15 is 0 Å². The van der Waals surface area contributed by atoms with Gasteiger partial charge in [0.2, 0.25) is 0 Å². The molecule has 0 aromatic heterocycles. The van der Waals surface area contributed by atoms with E-state index in [0.717, 1.165) is 25.0 Å². The molecule has 2 atom stereocenters. The summed E-state index contributed by atoms with van der Waals surface area (Å²) in [6.07, 6.45) is 4.55. The van der Waals surface area contributed by atoms with Crippen LogP contribution >= 0.6 is 0 Å². The van der Waals surface area contributed by atoms with Crippen LogP contribution < -0.4 is 5.32 Å². The van der Waals surface area contributed by atoms with Gasteiger partial charge in [-0.1, -0.05) is 6.92 Å². The quantitative estimate of drug-likeness (QED) is 0.689. The lowest BCUT2D eigenvalue weighted by molar-refractivity contribution is -0.00125. The van der Waals surface area contributed by atoms with Crippen LogP contribution in [0.5, 0.6) is 0 Å². The van der Waals surface area contributed by atoms with Crippen molar-refractivity contribution in [2.75, 3.05) is 19.7 Å². The van der Waals surface area contributed by atoms with E-state index in [-0.39, 0.29) is 0 Å². The average Bonchev–Trinajstić information content (AvgIpc) is 2.86. The Kier molecular flexibility index (Phi) is 2.66. The van der Waals surface area contributed by atoms with Gasteiger partial charge in [0.15, 0.2) is 0 Å². The Balaban J connectivity index is 1.68. The molecule has 0 aromatic carbocycles. The Bertz CT molecular complexity index is 145. The van der Waals surface area contributed by atoms with E-state index in [1.807, 2.05) is 0 Å². The van der Waals surface area contributed by atoms with Crippen LogP contribution in [0.4, 0.5) is 0 Å². The molecule has 0 spiro atoms. The van der Waals surface area contributed by atoms with Gasteiger partial charge in [0, 0.05) is 13.2 Å². The third-order valence-corrected chi connectivity index (χ3v) is 3.00. The fraction of sp³-hybridized carbons (Fsp3) is 1.00. The highest BCUT2D eigenvalue weighted by Gasteiger charge is 2.26. The SMILES string of the molecule is CC1CCNCC1OCC1CC1. The summed E-state index contributed by atoms with van der Waals surface area (Å²) in [4.78, 5) is 0. The molecule has 1 saturated carbocycles. The minimum Gasteiger partial charge on any atom is -0.376 e. The van der Waals surface area contributed by atoms with Crippen LogP contribution in [0.15, 0.2) is 0 Å². The van der Waals surface area contributed by atoms with Gasteiger partial charge in [-0.2, -0.15) is 0 Å². The zero-order valence-electron chi connectivity index (χ0n) is 7.88. The van der Waals surface area contributed by atoms with Crippen LogP contribution in [0.3, 0.4) is 0 Å². The molecule has 2 nitrogen and oxygen atoms in total. The van der Waals surface area contributed by atoms with Crippen LogP contribution in [0.1, 0.15) is 26.2 Å². The van der Waals surface area contributed by atoms with Crippen molar-refractivity contribution in [1.29, 1.82) is 0 Å². The van der Waals surface area contributed by atoms with Crippen molar-refractivity contribution in [3.63, 3.8) is 0 Å². The number of hydrogen-bond donors (Lipinski definition) is 1. The largest absolute Gasteiger partial charge is 0.376 e. The lowest BCUT2D eigenvalue weighted by Gasteiger charge is -2.29. The molecular weight excluding hydrogens is 150 g/mol. The van der Waals surface area contributed by atoms with Crippen LogP contribution in [0.2, 0.25) is 0 Å². The van der Waals surface area contributed by atoms with E-state index in [1.54, 1.807) is 0 Å². The predicted octanol–water partition coefficient (Wildman–Crippen LogP) is 1.41. The first-order chi connectivity index (χ1) is 5.86. The minimum atomic E-state index is 0.486. The highest BCUT2D eigenvalue weighted by atomic mass is 16.5. The van der Waals surface area contributed by atoms with Gasteiger partial charge in [0.25, 0.3) is 0 Å². The average molecular weight is 169 g/mol. The molecule has 2 aliphatic rings. The maximum atomic E-state index is 5.86. The van der Waals surface area contributed by atoms with Gasteiger partial charge in [-0.15, -0.1) is 0 Å². The smallest absolute Gasteiger partial charge is 0.0725 e. The van der Waals surface area contributed by atoms with Crippen LogP contribution in [-0.4, -0.2) is 25.8 Å². The summed E-state index contributed by atoms with van der Waals surface area (Å²) < 4.78 is 5.86. The van der Waals surface area contributed by atoms with Crippen LogP contribution in [0.25, 0.3) is 0 Å². The second-order valence-electron chi connectivity index (χ2n) is 4.29. The summed E-state index contributed by atoms with van der Waals surface area (Å²) in [6, 6.07) is 0. The van der Waals surface area contributed by atoms with Crippen molar-refractivity contribution in [3.05, 3.63) is 0 Å². The Morgan fingerprint density at radius 3 is 2.83 bits per heavy atom. The Morgan fingerprint density at radius 1 is 1.33 bits per heavy atom. The molecule has 1 aliphatic heterocycles. The maximum absolute atomic E-state index is 5.86. The number of piperidine rings is 1. The Hall–Kier alpha value is -0.0800. The van der Waals surface area contributed by atoms with Gasteiger partial charge in [0.1, 0.15) is 0 Å². The molecule has 2 fully saturated rings. The topological polar surface area (TPSA) is 21.3 Å². The van der Waals surface area contributed by atoms with Crippen molar-refractivity contribution in [2.24, 2.45) is 11.8 Å². The van der Waals surface area contributed by atoms with Gasteiger partial charge in [0.05, 0.1) is 6.10 Å². The highest BCUT2D eigenvalue weighted by molar-refractivity contribution is 4.78. The standard InChI is InChI=1S/C10H19NO/c1-8-4-5-11-6-10(8)12-7-9-2-3-9/h8-11H,2-7H2,1H3. The van der Waals surface area contributed by atoms with Crippen molar-refractivity contribution in [2.45, 2.75) is 32.3 Å². The Morgan fingerprint density at radius 2 is 2.17 bits per heavy atom. The molecule has 1 N–H and O–H groups in total. The molecule has 1 aliphatic carbocycles. The molecule has 1 heterocycles. The third-order valence-electron chi connectivity index (χ3n) is 3.00. The van der Waals surface area contributed by atoms with E-state index in [1.165, 1.54) is 25.8 Å². The van der Waals surface area contributed by atoms with Crippen molar-refractivity contribution < 1.29 is 4.74 Å². The molecule has 2 heteroatoms. The van der Waals surface area contributed by atoms with E-state index in [4.69, 9.17) is 4.74 Å². The molecule has 0 aromatic rings. The second-order valence-corrected chi connectivity index (χ2v) is 4.29. The summed E-state index contributed by atoms with van der Waals surface area (Å²) in [6.45, 7) is 5.55. The van der Waals surface area contributed by atoms with Crippen molar-refractivity contribution in [3.8, 4) is 0 Å². The molecule has 12 heavy (non-hydrogen) atoms. The van der Waals surface area contributed by atoms with Crippen LogP contribution in [0, 0.1) is 11.8 Å². The van der Waals surface area contributed by atoms with Gasteiger partial charge in [-0.3, -0.25) is 0 Å². The maximum Gasteiger partial charge on any atom is 0.0725 e. The minimum absolute atomic E-state index is 0.486. The predicted molar refractivity (Wildman–Crippen MR) is 49.1 cm³/mol. The normalized spacial score (nSPS) is 36.8.